The average molecular weight is 313 g/mol. The molecule has 2 N–H and O–H groups in total. The van der Waals surface area contributed by atoms with Gasteiger partial charge in [0.15, 0.2) is 0 Å². The molecule has 0 heterocycles. The van der Waals surface area contributed by atoms with Crippen LogP contribution in [0.5, 0.6) is 11.5 Å². The normalized spacial score (nSPS) is 11.5. The molecule has 0 atom stereocenters. The third kappa shape index (κ3) is 3.71. The van der Waals surface area contributed by atoms with Gasteiger partial charge in [0.25, 0.3) is 0 Å². The van der Waals surface area contributed by atoms with Crippen LogP contribution in [-0.4, -0.2) is 6.26 Å². The van der Waals surface area contributed by atoms with E-state index >= 15 is 0 Å². The van der Waals surface area contributed by atoms with E-state index < -0.39 is 11.7 Å². The van der Waals surface area contributed by atoms with Crippen LogP contribution < -0.4 is 10.5 Å². The number of rotatable bonds is 4. The lowest BCUT2D eigenvalue weighted by molar-refractivity contribution is -0.138. The van der Waals surface area contributed by atoms with Gasteiger partial charge in [0, 0.05) is 11.4 Å². The molecule has 2 rings (SSSR count). The maximum Gasteiger partial charge on any atom is 0.419 e. The molecule has 0 aliphatic carbocycles. The zero-order valence-electron chi connectivity index (χ0n) is 11.3. The molecule has 0 aromatic heterocycles. The Balaban J connectivity index is 2.44. The molecule has 21 heavy (non-hydrogen) atoms. The smallest absolute Gasteiger partial charge is 0.419 e. The molecule has 0 unspecified atom stereocenters. The van der Waals surface area contributed by atoms with Gasteiger partial charge >= 0.3 is 6.18 Å². The summed E-state index contributed by atoms with van der Waals surface area (Å²) in [5.41, 5.74) is 4.99. The second-order valence-electron chi connectivity index (χ2n) is 4.29. The van der Waals surface area contributed by atoms with Gasteiger partial charge in [-0.3, -0.25) is 0 Å². The number of nitrogens with two attached hydrogens (primary N) is 1. The lowest BCUT2D eigenvalue weighted by Gasteiger charge is -2.16. The maximum absolute atomic E-state index is 13.1. The van der Waals surface area contributed by atoms with Crippen molar-refractivity contribution in [2.24, 2.45) is 5.73 Å². The van der Waals surface area contributed by atoms with E-state index in [1.807, 2.05) is 6.26 Å². The van der Waals surface area contributed by atoms with E-state index in [1.54, 1.807) is 24.3 Å². The Hall–Kier alpha value is -1.66. The summed E-state index contributed by atoms with van der Waals surface area (Å²) in [6.07, 6.45) is -2.65. The number of para-hydroxylation sites is 1. The van der Waals surface area contributed by atoms with E-state index in [2.05, 4.69) is 0 Å². The van der Waals surface area contributed by atoms with Crippen LogP contribution in [0.25, 0.3) is 0 Å². The van der Waals surface area contributed by atoms with Crippen molar-refractivity contribution in [3.05, 3.63) is 53.6 Å². The molecule has 6 heteroatoms. The minimum Gasteiger partial charge on any atom is -0.456 e. The number of hydrogen-bond acceptors (Lipinski definition) is 3. The van der Waals surface area contributed by atoms with Crippen molar-refractivity contribution in [1.82, 2.24) is 0 Å². The molecule has 0 aliphatic rings. The summed E-state index contributed by atoms with van der Waals surface area (Å²) in [5, 5.41) is 0. The van der Waals surface area contributed by atoms with E-state index in [9.17, 15) is 13.2 Å². The van der Waals surface area contributed by atoms with Gasteiger partial charge in [0.1, 0.15) is 11.5 Å². The first-order chi connectivity index (χ1) is 9.95. The topological polar surface area (TPSA) is 35.2 Å². The minimum absolute atomic E-state index is 0.0464. The van der Waals surface area contributed by atoms with Crippen LogP contribution in [0.3, 0.4) is 0 Å². The van der Waals surface area contributed by atoms with Crippen LogP contribution in [-0.2, 0) is 12.7 Å². The summed E-state index contributed by atoms with van der Waals surface area (Å²) in [6.45, 7) is 0.0464. The molecule has 0 saturated carbocycles. The Labute approximate surface area is 125 Å². The summed E-state index contributed by atoms with van der Waals surface area (Å²) in [4.78, 5) is 0.772. The fourth-order valence-electron chi connectivity index (χ4n) is 1.84. The van der Waals surface area contributed by atoms with Gasteiger partial charge in [-0.25, -0.2) is 0 Å². The molecule has 0 radical (unpaired) electrons. The van der Waals surface area contributed by atoms with Crippen molar-refractivity contribution in [1.29, 1.82) is 0 Å². The van der Waals surface area contributed by atoms with Gasteiger partial charge in [0.2, 0.25) is 0 Å². The highest BCUT2D eigenvalue weighted by Crippen LogP contribution is 2.40. The Morgan fingerprint density at radius 2 is 1.81 bits per heavy atom. The molecular weight excluding hydrogens is 299 g/mol. The molecule has 0 fully saturated rings. The summed E-state index contributed by atoms with van der Waals surface area (Å²) in [7, 11) is 0. The van der Waals surface area contributed by atoms with E-state index in [1.165, 1.54) is 23.9 Å². The molecule has 0 saturated heterocycles. The highest BCUT2D eigenvalue weighted by Gasteiger charge is 2.35. The zero-order valence-corrected chi connectivity index (χ0v) is 12.1. The van der Waals surface area contributed by atoms with Crippen molar-refractivity contribution >= 4 is 11.8 Å². The number of thioether (sulfide) groups is 1. The van der Waals surface area contributed by atoms with Gasteiger partial charge < -0.3 is 10.5 Å². The predicted molar refractivity (Wildman–Crippen MR) is 77.6 cm³/mol. The predicted octanol–water partition coefficient (Wildman–Crippen LogP) is 4.68. The highest BCUT2D eigenvalue weighted by atomic mass is 32.2. The Morgan fingerprint density at radius 1 is 1.10 bits per heavy atom. The Kier molecular flexibility index (Phi) is 4.80. The minimum atomic E-state index is -4.49. The lowest BCUT2D eigenvalue weighted by Crippen LogP contribution is -2.09. The first-order valence-corrected chi connectivity index (χ1v) is 7.39. The van der Waals surface area contributed by atoms with Crippen molar-refractivity contribution in [2.45, 2.75) is 17.6 Å². The third-order valence-corrected chi connectivity index (χ3v) is 3.65. The van der Waals surface area contributed by atoms with Crippen molar-refractivity contribution in [3.63, 3.8) is 0 Å². The lowest BCUT2D eigenvalue weighted by atomic mass is 10.1. The summed E-state index contributed by atoms with van der Waals surface area (Å²) < 4.78 is 44.8. The van der Waals surface area contributed by atoms with Gasteiger partial charge in [0.05, 0.1) is 5.56 Å². The van der Waals surface area contributed by atoms with Crippen LogP contribution in [0.1, 0.15) is 11.1 Å². The van der Waals surface area contributed by atoms with Gasteiger partial charge in [-0.05, 0) is 36.1 Å². The number of benzene rings is 2. The van der Waals surface area contributed by atoms with Crippen LogP contribution in [0.4, 0.5) is 13.2 Å². The fourth-order valence-corrected chi connectivity index (χ4v) is 2.36. The van der Waals surface area contributed by atoms with Crippen LogP contribution in [0.2, 0.25) is 0 Å². The number of alkyl halides is 3. The molecule has 2 aromatic rings. The standard InChI is InChI=1S/C15H14F3NOS/c1-21-14-5-3-2-4-13(14)20-12-7-6-10(9-19)8-11(12)15(16,17)18/h2-8H,9,19H2,1H3. The number of hydrogen-bond donors (Lipinski definition) is 1. The average Bonchev–Trinajstić information content (AvgIpc) is 2.47. The summed E-state index contributed by atoms with van der Waals surface area (Å²) in [5.74, 6) is 0.178. The monoisotopic (exact) mass is 313 g/mol. The van der Waals surface area contributed by atoms with E-state index in [4.69, 9.17) is 10.5 Å². The van der Waals surface area contributed by atoms with Gasteiger partial charge in [-0.1, -0.05) is 18.2 Å². The third-order valence-electron chi connectivity index (χ3n) is 2.87. The molecule has 0 bridgehead atoms. The summed E-state index contributed by atoms with van der Waals surface area (Å²) >= 11 is 1.41. The second kappa shape index (κ2) is 6.41. The largest absolute Gasteiger partial charge is 0.456 e. The molecular formula is C15H14F3NOS. The molecule has 2 nitrogen and oxygen atoms in total. The van der Waals surface area contributed by atoms with Crippen LogP contribution in [0.15, 0.2) is 47.4 Å². The van der Waals surface area contributed by atoms with Crippen LogP contribution in [0, 0.1) is 0 Å². The number of ether oxygens (including phenoxy) is 1. The second-order valence-corrected chi connectivity index (χ2v) is 5.13. The highest BCUT2D eigenvalue weighted by molar-refractivity contribution is 7.98. The number of halogens is 3. The van der Waals surface area contributed by atoms with Crippen molar-refractivity contribution in [3.8, 4) is 11.5 Å². The molecule has 2 aromatic carbocycles. The van der Waals surface area contributed by atoms with Gasteiger partial charge in [-0.15, -0.1) is 11.8 Å². The van der Waals surface area contributed by atoms with E-state index in [-0.39, 0.29) is 12.3 Å². The van der Waals surface area contributed by atoms with E-state index in [0.717, 1.165) is 11.0 Å². The van der Waals surface area contributed by atoms with Crippen molar-refractivity contribution < 1.29 is 17.9 Å². The molecule has 0 amide bonds. The van der Waals surface area contributed by atoms with Crippen LogP contribution >= 0.6 is 11.8 Å². The first kappa shape index (κ1) is 15.7. The SMILES string of the molecule is CSc1ccccc1Oc1ccc(CN)cc1C(F)(F)F. The first-order valence-electron chi connectivity index (χ1n) is 6.16. The molecule has 0 aliphatic heterocycles. The zero-order chi connectivity index (χ0) is 15.5. The van der Waals surface area contributed by atoms with Crippen molar-refractivity contribution in [2.75, 3.05) is 6.26 Å². The fraction of sp³-hybridized carbons (Fsp3) is 0.200. The van der Waals surface area contributed by atoms with Gasteiger partial charge in [-0.2, -0.15) is 13.2 Å². The Morgan fingerprint density at radius 3 is 2.43 bits per heavy atom. The summed E-state index contributed by atoms with van der Waals surface area (Å²) in [6, 6.07) is 10.8. The quantitative estimate of drug-likeness (QED) is 0.833. The maximum atomic E-state index is 13.1. The van der Waals surface area contributed by atoms with E-state index in [0.29, 0.717) is 11.3 Å². The Bertz CT molecular complexity index is 629. The molecule has 0 spiro atoms. The molecule has 112 valence electrons.